The lowest BCUT2D eigenvalue weighted by molar-refractivity contribution is 0.102. The Hall–Kier alpha value is -2.66. The van der Waals surface area contributed by atoms with E-state index in [0.29, 0.717) is 12.1 Å². The minimum absolute atomic E-state index is 0.190. The van der Waals surface area contributed by atoms with Crippen LogP contribution in [0.5, 0.6) is 0 Å². The van der Waals surface area contributed by atoms with Gasteiger partial charge in [-0.2, -0.15) is 0 Å². The van der Waals surface area contributed by atoms with E-state index in [1.54, 1.807) is 12.3 Å². The van der Waals surface area contributed by atoms with Crippen LogP contribution in [0.25, 0.3) is 0 Å². The molecule has 3 aromatic rings. The summed E-state index contributed by atoms with van der Waals surface area (Å²) in [6, 6.07) is 19.4. The first-order valence-corrected chi connectivity index (χ1v) is 8.72. The average Bonchev–Trinajstić information content (AvgIpc) is 2.62. The number of pyridine rings is 1. The molecule has 3 rings (SSSR count). The number of aromatic nitrogens is 1. The van der Waals surface area contributed by atoms with Crippen LogP contribution in [-0.2, 0) is 6.54 Å². The van der Waals surface area contributed by atoms with E-state index in [1.807, 2.05) is 36.4 Å². The molecular formula is C20H18BrN3O. The molecular weight excluding hydrogens is 378 g/mol. The van der Waals surface area contributed by atoms with Crippen molar-refractivity contribution in [2.24, 2.45) is 0 Å². The van der Waals surface area contributed by atoms with Crippen molar-refractivity contribution in [3.05, 3.63) is 88.0 Å². The summed E-state index contributed by atoms with van der Waals surface area (Å²) in [4.78, 5) is 16.6. The van der Waals surface area contributed by atoms with Gasteiger partial charge in [0.1, 0.15) is 5.82 Å². The molecule has 126 valence electrons. The molecule has 0 atom stereocenters. The fourth-order valence-corrected chi connectivity index (χ4v) is 2.79. The maximum absolute atomic E-state index is 12.3. The largest absolute Gasteiger partial charge is 0.366 e. The summed E-state index contributed by atoms with van der Waals surface area (Å²) in [5.74, 6) is 0.545. The first-order valence-electron chi connectivity index (χ1n) is 7.93. The predicted octanol–water partition coefficient (Wildman–Crippen LogP) is 5.02. The van der Waals surface area contributed by atoms with Gasteiger partial charge in [0.15, 0.2) is 0 Å². The van der Waals surface area contributed by atoms with Crippen LogP contribution in [0, 0.1) is 6.92 Å². The highest BCUT2D eigenvalue weighted by atomic mass is 79.9. The van der Waals surface area contributed by atoms with E-state index in [4.69, 9.17) is 0 Å². The summed E-state index contributed by atoms with van der Waals surface area (Å²) >= 11 is 3.42. The van der Waals surface area contributed by atoms with E-state index in [1.165, 1.54) is 11.1 Å². The van der Waals surface area contributed by atoms with Crippen LogP contribution < -0.4 is 10.6 Å². The highest BCUT2D eigenvalue weighted by Crippen LogP contribution is 2.22. The third kappa shape index (κ3) is 4.67. The van der Waals surface area contributed by atoms with E-state index in [2.05, 4.69) is 56.7 Å². The Balaban J connectivity index is 1.61. The van der Waals surface area contributed by atoms with Crippen LogP contribution in [-0.4, -0.2) is 10.9 Å². The van der Waals surface area contributed by atoms with Crippen LogP contribution in [0.1, 0.15) is 21.5 Å². The molecule has 1 heterocycles. The van der Waals surface area contributed by atoms with E-state index in [9.17, 15) is 4.79 Å². The molecule has 0 saturated carbocycles. The molecule has 0 aliphatic heterocycles. The molecule has 0 fully saturated rings. The first kappa shape index (κ1) is 17.2. The number of hydrogen-bond acceptors (Lipinski definition) is 3. The molecule has 0 saturated heterocycles. The lowest BCUT2D eigenvalue weighted by Crippen LogP contribution is -2.13. The van der Waals surface area contributed by atoms with Crippen LogP contribution in [0.15, 0.2) is 71.3 Å². The number of anilines is 2. The summed E-state index contributed by atoms with van der Waals surface area (Å²) < 4.78 is 0.841. The maximum Gasteiger partial charge on any atom is 0.257 e. The summed E-state index contributed by atoms with van der Waals surface area (Å²) in [5.41, 5.74) is 3.66. The molecule has 25 heavy (non-hydrogen) atoms. The quantitative estimate of drug-likeness (QED) is 0.637. The maximum atomic E-state index is 12.3. The monoisotopic (exact) mass is 395 g/mol. The number of para-hydroxylation sites is 1. The van der Waals surface area contributed by atoms with E-state index in [0.717, 1.165) is 16.0 Å². The van der Waals surface area contributed by atoms with Gasteiger partial charge in [0, 0.05) is 17.2 Å². The Bertz CT molecular complexity index is 878. The molecule has 0 radical (unpaired) electrons. The Kier molecular flexibility index (Phi) is 5.46. The Morgan fingerprint density at radius 2 is 1.92 bits per heavy atom. The van der Waals surface area contributed by atoms with Gasteiger partial charge in [-0.1, -0.05) is 42.0 Å². The Labute approximate surface area is 155 Å². The second kappa shape index (κ2) is 7.94. The molecule has 0 unspecified atom stereocenters. The SMILES string of the molecule is Cc1cccc(CNc2ccc(C(=O)Nc3ccccc3Br)cn2)c1. The van der Waals surface area contributed by atoms with E-state index in [-0.39, 0.29) is 5.91 Å². The van der Waals surface area contributed by atoms with Crippen LogP contribution >= 0.6 is 15.9 Å². The first-order chi connectivity index (χ1) is 12.1. The third-order valence-electron chi connectivity index (χ3n) is 3.70. The van der Waals surface area contributed by atoms with Gasteiger partial charge in [-0.25, -0.2) is 4.98 Å². The van der Waals surface area contributed by atoms with Crippen molar-refractivity contribution in [2.75, 3.05) is 10.6 Å². The molecule has 0 aliphatic rings. The van der Waals surface area contributed by atoms with Gasteiger partial charge in [-0.05, 0) is 52.7 Å². The number of nitrogens with zero attached hydrogens (tertiary/aromatic N) is 1. The lowest BCUT2D eigenvalue weighted by atomic mass is 10.1. The molecule has 1 amide bonds. The van der Waals surface area contributed by atoms with Crippen molar-refractivity contribution in [1.82, 2.24) is 4.98 Å². The smallest absolute Gasteiger partial charge is 0.257 e. The summed E-state index contributed by atoms with van der Waals surface area (Å²) in [6.45, 7) is 2.76. The average molecular weight is 396 g/mol. The lowest BCUT2D eigenvalue weighted by Gasteiger charge is -2.09. The van der Waals surface area contributed by atoms with Crippen molar-refractivity contribution in [3.63, 3.8) is 0 Å². The molecule has 1 aromatic heterocycles. The van der Waals surface area contributed by atoms with Crippen molar-refractivity contribution in [3.8, 4) is 0 Å². The molecule has 4 nitrogen and oxygen atoms in total. The van der Waals surface area contributed by atoms with Crippen LogP contribution in [0.4, 0.5) is 11.5 Å². The van der Waals surface area contributed by atoms with Crippen molar-refractivity contribution in [2.45, 2.75) is 13.5 Å². The van der Waals surface area contributed by atoms with Crippen LogP contribution in [0.2, 0.25) is 0 Å². The summed E-state index contributed by atoms with van der Waals surface area (Å²) in [7, 11) is 0. The number of rotatable bonds is 5. The highest BCUT2D eigenvalue weighted by Gasteiger charge is 2.08. The molecule has 0 bridgehead atoms. The predicted molar refractivity (Wildman–Crippen MR) is 105 cm³/mol. The van der Waals surface area contributed by atoms with Crippen LogP contribution in [0.3, 0.4) is 0 Å². The topological polar surface area (TPSA) is 54.0 Å². The summed E-state index contributed by atoms with van der Waals surface area (Å²) in [5, 5.41) is 6.13. The number of carbonyl (C=O) groups is 1. The van der Waals surface area contributed by atoms with Gasteiger partial charge in [0.2, 0.25) is 0 Å². The fraction of sp³-hybridized carbons (Fsp3) is 0.100. The zero-order valence-corrected chi connectivity index (χ0v) is 15.4. The highest BCUT2D eigenvalue weighted by molar-refractivity contribution is 9.10. The van der Waals surface area contributed by atoms with Gasteiger partial charge in [-0.3, -0.25) is 4.79 Å². The molecule has 2 aromatic carbocycles. The molecule has 5 heteroatoms. The molecule has 0 aliphatic carbocycles. The third-order valence-corrected chi connectivity index (χ3v) is 4.40. The minimum atomic E-state index is -0.190. The number of amides is 1. The number of carbonyl (C=O) groups excluding carboxylic acids is 1. The van der Waals surface area contributed by atoms with Crippen molar-refractivity contribution < 1.29 is 4.79 Å². The van der Waals surface area contributed by atoms with Crippen molar-refractivity contribution in [1.29, 1.82) is 0 Å². The zero-order chi connectivity index (χ0) is 17.6. The van der Waals surface area contributed by atoms with Gasteiger partial charge >= 0.3 is 0 Å². The molecule has 2 N–H and O–H groups in total. The number of halogens is 1. The number of aryl methyl sites for hydroxylation is 1. The number of nitrogens with one attached hydrogen (secondary N) is 2. The van der Waals surface area contributed by atoms with Gasteiger partial charge < -0.3 is 10.6 Å². The zero-order valence-electron chi connectivity index (χ0n) is 13.8. The number of hydrogen-bond donors (Lipinski definition) is 2. The van der Waals surface area contributed by atoms with Gasteiger partial charge in [0.25, 0.3) is 5.91 Å². The minimum Gasteiger partial charge on any atom is -0.366 e. The van der Waals surface area contributed by atoms with Gasteiger partial charge in [-0.15, -0.1) is 0 Å². The Morgan fingerprint density at radius 1 is 1.08 bits per heavy atom. The Morgan fingerprint density at radius 3 is 2.64 bits per heavy atom. The van der Waals surface area contributed by atoms with E-state index < -0.39 is 0 Å². The molecule has 0 spiro atoms. The van der Waals surface area contributed by atoms with Crippen molar-refractivity contribution >= 4 is 33.3 Å². The normalized spacial score (nSPS) is 10.3. The standard InChI is InChI=1S/C20H18BrN3O/c1-14-5-4-6-15(11-14)12-22-19-10-9-16(13-23-19)20(25)24-18-8-3-2-7-17(18)21/h2-11,13H,12H2,1H3,(H,22,23)(H,24,25). The number of benzene rings is 2. The fourth-order valence-electron chi connectivity index (χ4n) is 2.40. The summed E-state index contributed by atoms with van der Waals surface area (Å²) in [6.07, 6.45) is 1.57. The second-order valence-corrected chi connectivity index (χ2v) is 6.56. The second-order valence-electron chi connectivity index (χ2n) is 5.71. The van der Waals surface area contributed by atoms with Gasteiger partial charge in [0.05, 0.1) is 11.3 Å². The van der Waals surface area contributed by atoms with E-state index >= 15 is 0 Å².